The minimum Gasteiger partial charge on any atom is -0.315 e. The Kier molecular flexibility index (Phi) is 5.23. The van der Waals surface area contributed by atoms with Crippen LogP contribution in [0, 0.1) is 12.8 Å². The summed E-state index contributed by atoms with van der Waals surface area (Å²) in [7, 11) is -1.50. The van der Waals surface area contributed by atoms with Crippen LogP contribution < -0.4 is 5.32 Å². The molecule has 1 aromatic rings. The zero-order chi connectivity index (χ0) is 14.8. The zero-order valence-corrected chi connectivity index (χ0v) is 14.1. The second kappa shape index (κ2) is 6.56. The van der Waals surface area contributed by atoms with Crippen LogP contribution in [-0.2, 0) is 16.6 Å². The summed E-state index contributed by atoms with van der Waals surface area (Å²) >= 11 is 1.53. The van der Waals surface area contributed by atoms with Gasteiger partial charge in [-0.1, -0.05) is 6.92 Å². The Hall–Kier alpha value is -0.430. The van der Waals surface area contributed by atoms with E-state index >= 15 is 0 Å². The number of hydrogen-bond acceptors (Lipinski definition) is 4. The van der Waals surface area contributed by atoms with Gasteiger partial charge < -0.3 is 5.32 Å². The minimum absolute atomic E-state index is 0.534. The molecule has 0 radical (unpaired) electrons. The van der Waals surface area contributed by atoms with Crippen LogP contribution >= 0.6 is 11.3 Å². The predicted molar refractivity (Wildman–Crippen MR) is 83.6 cm³/mol. The van der Waals surface area contributed by atoms with Crippen molar-refractivity contribution in [1.82, 2.24) is 9.62 Å². The number of nitrogens with one attached hydrogen (secondary N) is 1. The molecule has 4 nitrogen and oxygen atoms in total. The lowest BCUT2D eigenvalue weighted by molar-refractivity contribution is 0.416. The van der Waals surface area contributed by atoms with Gasteiger partial charge in [-0.05, 0) is 50.1 Å². The molecule has 1 aliphatic heterocycles. The molecule has 20 heavy (non-hydrogen) atoms. The van der Waals surface area contributed by atoms with E-state index in [1.54, 1.807) is 4.31 Å². The molecule has 1 aromatic heterocycles. The van der Waals surface area contributed by atoms with Gasteiger partial charge in [-0.25, -0.2) is 8.42 Å². The Balaban J connectivity index is 2.32. The maximum Gasteiger partial charge on any atom is 0.244 e. The first kappa shape index (κ1) is 15.9. The fourth-order valence-electron chi connectivity index (χ4n) is 2.72. The lowest BCUT2D eigenvalue weighted by atomic mass is 10.0. The molecule has 114 valence electrons. The molecular weight excluding hydrogens is 292 g/mol. The van der Waals surface area contributed by atoms with Crippen molar-refractivity contribution in [2.24, 2.45) is 5.92 Å². The third-order valence-corrected chi connectivity index (χ3v) is 7.26. The standard InChI is InChI=1S/C14H24N2O2S2/c1-11-5-4-7-16(8-6-11)20(17,18)14-12(2)10-19-13(14)9-15-3/h10-11,15H,4-9H2,1-3H3. The van der Waals surface area contributed by atoms with Gasteiger partial charge in [0, 0.05) is 24.5 Å². The Labute approximate surface area is 126 Å². The van der Waals surface area contributed by atoms with Crippen LogP contribution in [-0.4, -0.2) is 32.9 Å². The van der Waals surface area contributed by atoms with Gasteiger partial charge in [-0.3, -0.25) is 0 Å². The third kappa shape index (κ3) is 3.24. The third-order valence-electron chi connectivity index (χ3n) is 3.90. The molecule has 0 bridgehead atoms. The van der Waals surface area contributed by atoms with Gasteiger partial charge in [-0.15, -0.1) is 11.3 Å². The van der Waals surface area contributed by atoms with Gasteiger partial charge in [0.25, 0.3) is 0 Å². The summed E-state index contributed by atoms with van der Waals surface area (Å²) in [6.45, 7) is 6.01. The van der Waals surface area contributed by atoms with Gasteiger partial charge in [0.05, 0.1) is 0 Å². The topological polar surface area (TPSA) is 49.4 Å². The molecule has 0 saturated carbocycles. The number of nitrogens with zero attached hydrogens (tertiary/aromatic N) is 1. The fraction of sp³-hybridized carbons (Fsp3) is 0.714. The van der Waals surface area contributed by atoms with Crippen LogP contribution in [0.3, 0.4) is 0 Å². The predicted octanol–water partition coefficient (Wildman–Crippen LogP) is 2.59. The molecule has 0 spiro atoms. The van der Waals surface area contributed by atoms with Gasteiger partial charge in [0.1, 0.15) is 4.90 Å². The molecule has 0 aliphatic carbocycles. The average molecular weight is 316 g/mol. The van der Waals surface area contributed by atoms with Crippen LogP contribution in [0.2, 0.25) is 0 Å². The summed E-state index contributed by atoms with van der Waals surface area (Å²) < 4.78 is 27.5. The molecule has 1 N–H and O–H groups in total. The molecule has 2 heterocycles. The van der Waals surface area contributed by atoms with E-state index in [4.69, 9.17) is 0 Å². The van der Waals surface area contributed by atoms with Crippen LogP contribution in [0.15, 0.2) is 10.3 Å². The summed E-state index contributed by atoms with van der Waals surface area (Å²) in [4.78, 5) is 1.45. The molecule has 1 atom stereocenters. The fourth-order valence-corrected chi connectivity index (χ4v) is 5.99. The van der Waals surface area contributed by atoms with E-state index in [0.717, 1.165) is 29.7 Å². The van der Waals surface area contributed by atoms with Crippen LogP contribution in [0.4, 0.5) is 0 Å². The largest absolute Gasteiger partial charge is 0.315 e. The molecule has 1 fully saturated rings. The Bertz CT molecular complexity index is 552. The maximum atomic E-state index is 12.9. The first-order valence-corrected chi connectivity index (χ1v) is 9.50. The quantitative estimate of drug-likeness (QED) is 0.929. The molecular formula is C14H24N2O2S2. The number of rotatable bonds is 4. The van der Waals surface area contributed by atoms with Crippen molar-refractivity contribution in [2.45, 2.75) is 44.6 Å². The van der Waals surface area contributed by atoms with Crippen LogP contribution in [0.5, 0.6) is 0 Å². The Morgan fingerprint density at radius 1 is 1.40 bits per heavy atom. The van der Waals surface area contributed by atoms with Crippen molar-refractivity contribution in [3.05, 3.63) is 15.8 Å². The van der Waals surface area contributed by atoms with Crippen LogP contribution in [0.25, 0.3) is 0 Å². The Morgan fingerprint density at radius 2 is 2.15 bits per heavy atom. The van der Waals surface area contributed by atoms with E-state index in [9.17, 15) is 8.42 Å². The highest BCUT2D eigenvalue weighted by molar-refractivity contribution is 7.89. The van der Waals surface area contributed by atoms with Gasteiger partial charge in [0.15, 0.2) is 0 Å². The van der Waals surface area contributed by atoms with Crippen molar-refractivity contribution >= 4 is 21.4 Å². The lowest BCUT2D eigenvalue weighted by Crippen LogP contribution is -2.33. The van der Waals surface area contributed by atoms with E-state index in [2.05, 4.69) is 12.2 Å². The first-order chi connectivity index (χ1) is 9.46. The van der Waals surface area contributed by atoms with Crippen molar-refractivity contribution in [1.29, 1.82) is 0 Å². The SMILES string of the molecule is CNCc1scc(C)c1S(=O)(=O)N1CCCC(C)CC1. The van der Waals surface area contributed by atoms with E-state index in [-0.39, 0.29) is 0 Å². The van der Waals surface area contributed by atoms with Crippen LogP contribution in [0.1, 0.15) is 36.6 Å². The highest BCUT2D eigenvalue weighted by atomic mass is 32.2. The van der Waals surface area contributed by atoms with E-state index in [1.807, 2.05) is 19.4 Å². The number of hydrogen-bond donors (Lipinski definition) is 1. The smallest absolute Gasteiger partial charge is 0.244 e. The van der Waals surface area contributed by atoms with Crippen molar-refractivity contribution in [3.8, 4) is 0 Å². The summed E-state index contributed by atoms with van der Waals surface area (Å²) in [6.07, 6.45) is 3.05. The summed E-state index contributed by atoms with van der Waals surface area (Å²) in [5.74, 6) is 0.621. The number of aryl methyl sites for hydroxylation is 1. The van der Waals surface area contributed by atoms with Crippen molar-refractivity contribution in [3.63, 3.8) is 0 Å². The maximum absolute atomic E-state index is 12.9. The molecule has 2 rings (SSSR count). The van der Waals surface area contributed by atoms with Gasteiger partial charge in [-0.2, -0.15) is 4.31 Å². The van der Waals surface area contributed by atoms with Crippen molar-refractivity contribution < 1.29 is 8.42 Å². The van der Waals surface area contributed by atoms with E-state index in [1.165, 1.54) is 11.3 Å². The molecule has 1 unspecified atom stereocenters. The zero-order valence-electron chi connectivity index (χ0n) is 12.5. The first-order valence-electron chi connectivity index (χ1n) is 7.18. The second-order valence-corrected chi connectivity index (χ2v) is 8.48. The summed E-state index contributed by atoms with van der Waals surface area (Å²) in [6, 6.07) is 0. The monoisotopic (exact) mass is 316 g/mol. The lowest BCUT2D eigenvalue weighted by Gasteiger charge is -2.21. The number of sulfonamides is 1. The minimum atomic E-state index is -3.35. The van der Waals surface area contributed by atoms with Crippen molar-refractivity contribution in [2.75, 3.05) is 20.1 Å². The summed E-state index contributed by atoms with van der Waals surface area (Å²) in [5.41, 5.74) is 0.873. The van der Waals surface area contributed by atoms with E-state index in [0.29, 0.717) is 30.4 Å². The molecule has 0 amide bonds. The van der Waals surface area contributed by atoms with Gasteiger partial charge in [0.2, 0.25) is 10.0 Å². The second-order valence-electron chi connectivity index (χ2n) is 5.64. The molecule has 1 saturated heterocycles. The van der Waals surface area contributed by atoms with Gasteiger partial charge >= 0.3 is 0 Å². The highest BCUT2D eigenvalue weighted by Gasteiger charge is 2.30. The highest BCUT2D eigenvalue weighted by Crippen LogP contribution is 2.31. The molecule has 1 aliphatic rings. The molecule has 6 heteroatoms. The van der Waals surface area contributed by atoms with E-state index < -0.39 is 10.0 Å². The normalized spacial score (nSPS) is 21.9. The average Bonchev–Trinajstić information content (AvgIpc) is 2.61. The molecule has 0 aromatic carbocycles. The summed E-state index contributed by atoms with van der Waals surface area (Å²) in [5, 5.41) is 5.00. The number of thiophene rings is 1. The Morgan fingerprint density at radius 3 is 2.85 bits per heavy atom.